The number of hydrogen-bond acceptors (Lipinski definition) is 4. The minimum absolute atomic E-state index is 0.00497. The predicted molar refractivity (Wildman–Crippen MR) is 102 cm³/mol. The van der Waals surface area contributed by atoms with Gasteiger partial charge in [-0.2, -0.15) is 0 Å². The predicted octanol–water partition coefficient (Wildman–Crippen LogP) is 1.55. The lowest BCUT2D eigenvalue weighted by Gasteiger charge is -2.34. The van der Waals surface area contributed by atoms with Crippen molar-refractivity contribution >= 4 is 23.5 Å². The van der Waals surface area contributed by atoms with E-state index in [0.717, 1.165) is 5.69 Å². The van der Waals surface area contributed by atoms with Crippen LogP contribution in [0, 0.1) is 0 Å². The van der Waals surface area contributed by atoms with Gasteiger partial charge in [0.25, 0.3) is 5.91 Å². The molecule has 0 unspecified atom stereocenters. The minimum atomic E-state index is -0.219. The summed E-state index contributed by atoms with van der Waals surface area (Å²) >= 11 is 0. The summed E-state index contributed by atoms with van der Waals surface area (Å²) in [5.41, 5.74) is 0.842. The lowest BCUT2D eigenvalue weighted by Crippen LogP contribution is -2.54. The fraction of sp³-hybridized carbons (Fsp3) is 0.350. The molecule has 4 rings (SSSR count). The third kappa shape index (κ3) is 3.71. The summed E-state index contributed by atoms with van der Waals surface area (Å²) in [5, 5.41) is 2.95. The van der Waals surface area contributed by atoms with Crippen LogP contribution in [0.15, 0.2) is 53.1 Å². The van der Waals surface area contributed by atoms with Crippen LogP contribution >= 0.6 is 0 Å². The number of rotatable bonds is 3. The first-order chi connectivity index (χ1) is 13.6. The second kappa shape index (κ2) is 7.75. The van der Waals surface area contributed by atoms with Crippen LogP contribution in [-0.2, 0) is 4.79 Å². The van der Waals surface area contributed by atoms with E-state index in [9.17, 15) is 14.4 Å². The molecule has 1 aromatic carbocycles. The monoisotopic (exact) mass is 382 g/mol. The molecule has 0 bridgehead atoms. The Bertz CT molecular complexity index is 844. The van der Waals surface area contributed by atoms with Crippen molar-refractivity contribution in [2.45, 2.75) is 12.5 Å². The molecule has 0 spiro atoms. The molecule has 1 atom stereocenters. The first-order valence-corrected chi connectivity index (χ1v) is 9.35. The first kappa shape index (κ1) is 18.1. The molecule has 2 aliphatic rings. The van der Waals surface area contributed by atoms with E-state index in [1.54, 1.807) is 26.8 Å². The molecule has 3 heterocycles. The van der Waals surface area contributed by atoms with Crippen molar-refractivity contribution in [3.63, 3.8) is 0 Å². The first-order valence-electron chi connectivity index (χ1n) is 9.35. The van der Waals surface area contributed by atoms with Crippen molar-refractivity contribution in [3.05, 3.63) is 54.5 Å². The molecule has 1 aromatic heterocycles. The van der Waals surface area contributed by atoms with Gasteiger partial charge in [-0.1, -0.05) is 18.2 Å². The Hall–Kier alpha value is -3.29. The number of amides is 4. The second-order valence-corrected chi connectivity index (χ2v) is 6.95. The average Bonchev–Trinajstić information content (AvgIpc) is 3.38. The van der Waals surface area contributed by atoms with Crippen LogP contribution < -0.4 is 10.2 Å². The van der Waals surface area contributed by atoms with Crippen LogP contribution in [0.2, 0.25) is 0 Å². The highest BCUT2D eigenvalue weighted by atomic mass is 16.3. The molecule has 2 saturated heterocycles. The average molecular weight is 382 g/mol. The summed E-state index contributed by atoms with van der Waals surface area (Å²) in [5.74, 6) is 0.152. The third-order valence-corrected chi connectivity index (χ3v) is 5.11. The van der Waals surface area contributed by atoms with Gasteiger partial charge in [-0.15, -0.1) is 0 Å². The summed E-state index contributed by atoms with van der Waals surface area (Å²) in [4.78, 5) is 42.2. The van der Waals surface area contributed by atoms with E-state index >= 15 is 0 Å². The highest BCUT2D eigenvalue weighted by molar-refractivity contribution is 5.96. The van der Waals surface area contributed by atoms with Crippen molar-refractivity contribution in [1.29, 1.82) is 0 Å². The molecule has 146 valence electrons. The molecular weight excluding hydrogens is 360 g/mol. The summed E-state index contributed by atoms with van der Waals surface area (Å²) in [6.45, 7) is 2.26. The van der Waals surface area contributed by atoms with Gasteiger partial charge in [-0.3, -0.25) is 9.59 Å². The van der Waals surface area contributed by atoms with Crippen molar-refractivity contribution in [1.82, 2.24) is 15.1 Å². The fourth-order valence-corrected chi connectivity index (χ4v) is 3.60. The number of piperazine rings is 1. The van der Waals surface area contributed by atoms with E-state index in [-0.39, 0.29) is 30.3 Å². The largest absolute Gasteiger partial charge is 0.459 e. The number of furan rings is 1. The number of urea groups is 1. The van der Waals surface area contributed by atoms with Gasteiger partial charge in [0, 0.05) is 44.8 Å². The number of carbonyl (C=O) groups excluding carboxylic acids is 3. The Kier molecular flexibility index (Phi) is 5.01. The third-order valence-electron chi connectivity index (χ3n) is 5.11. The van der Waals surface area contributed by atoms with E-state index in [1.165, 1.54) is 6.26 Å². The highest BCUT2D eigenvalue weighted by Gasteiger charge is 2.33. The van der Waals surface area contributed by atoms with Crippen molar-refractivity contribution in [2.24, 2.45) is 0 Å². The quantitative estimate of drug-likeness (QED) is 0.873. The fourth-order valence-electron chi connectivity index (χ4n) is 3.60. The number of benzene rings is 1. The normalized spacial score (nSPS) is 19.8. The van der Waals surface area contributed by atoms with Crippen molar-refractivity contribution in [2.75, 3.05) is 37.6 Å². The van der Waals surface area contributed by atoms with Gasteiger partial charge in [0.1, 0.15) is 0 Å². The topological polar surface area (TPSA) is 86.1 Å². The lowest BCUT2D eigenvalue weighted by atomic mass is 10.2. The zero-order chi connectivity index (χ0) is 19.5. The molecule has 4 amide bonds. The van der Waals surface area contributed by atoms with Crippen LogP contribution in [0.4, 0.5) is 10.5 Å². The Labute approximate surface area is 162 Å². The van der Waals surface area contributed by atoms with Crippen LogP contribution in [0.25, 0.3) is 0 Å². The zero-order valence-electron chi connectivity index (χ0n) is 15.4. The van der Waals surface area contributed by atoms with Gasteiger partial charge < -0.3 is 24.4 Å². The number of carbonyl (C=O) groups is 3. The van der Waals surface area contributed by atoms with Crippen LogP contribution in [-0.4, -0.2) is 66.4 Å². The molecule has 2 fully saturated rings. The van der Waals surface area contributed by atoms with Gasteiger partial charge >= 0.3 is 6.03 Å². The molecule has 0 radical (unpaired) electrons. The number of para-hydroxylation sites is 1. The van der Waals surface area contributed by atoms with E-state index in [4.69, 9.17) is 4.42 Å². The van der Waals surface area contributed by atoms with Gasteiger partial charge in [0.05, 0.1) is 12.3 Å². The van der Waals surface area contributed by atoms with Crippen LogP contribution in [0.1, 0.15) is 17.0 Å². The minimum Gasteiger partial charge on any atom is -0.459 e. The van der Waals surface area contributed by atoms with E-state index < -0.39 is 0 Å². The Morgan fingerprint density at radius 2 is 1.68 bits per heavy atom. The number of anilines is 1. The van der Waals surface area contributed by atoms with Gasteiger partial charge in [-0.05, 0) is 24.3 Å². The van der Waals surface area contributed by atoms with Crippen molar-refractivity contribution < 1.29 is 18.8 Å². The van der Waals surface area contributed by atoms with Crippen molar-refractivity contribution in [3.8, 4) is 0 Å². The van der Waals surface area contributed by atoms with E-state index in [1.807, 2.05) is 30.3 Å². The summed E-state index contributed by atoms with van der Waals surface area (Å²) in [6, 6.07) is 12.3. The van der Waals surface area contributed by atoms with Crippen LogP contribution in [0.3, 0.4) is 0 Å². The van der Waals surface area contributed by atoms with E-state index in [2.05, 4.69) is 5.32 Å². The second-order valence-electron chi connectivity index (χ2n) is 6.95. The summed E-state index contributed by atoms with van der Waals surface area (Å²) < 4.78 is 5.15. The van der Waals surface area contributed by atoms with Gasteiger partial charge in [0.2, 0.25) is 5.91 Å². The van der Waals surface area contributed by atoms with Gasteiger partial charge in [-0.25, -0.2) is 4.79 Å². The van der Waals surface area contributed by atoms with Crippen LogP contribution in [0.5, 0.6) is 0 Å². The smallest absolute Gasteiger partial charge is 0.317 e. The molecule has 8 nitrogen and oxygen atoms in total. The van der Waals surface area contributed by atoms with Gasteiger partial charge in [0.15, 0.2) is 5.76 Å². The maximum atomic E-state index is 12.6. The Morgan fingerprint density at radius 3 is 2.36 bits per heavy atom. The molecular formula is C20H22N4O4. The molecule has 2 aliphatic heterocycles. The molecule has 28 heavy (non-hydrogen) atoms. The number of hydrogen-bond donors (Lipinski definition) is 1. The Morgan fingerprint density at radius 1 is 0.964 bits per heavy atom. The lowest BCUT2D eigenvalue weighted by molar-refractivity contribution is -0.117. The highest BCUT2D eigenvalue weighted by Crippen LogP contribution is 2.21. The molecule has 0 saturated carbocycles. The standard InChI is InChI=1S/C20H22N4O4/c25-18-13-15(14-24(18)16-5-2-1-3-6-16)21-20(27)23-10-8-22(9-11-23)19(26)17-7-4-12-28-17/h1-7,12,15H,8-11,13-14H2,(H,21,27)/t15-/m0/s1. The summed E-state index contributed by atoms with van der Waals surface area (Å²) in [7, 11) is 0. The zero-order valence-corrected chi connectivity index (χ0v) is 15.4. The maximum absolute atomic E-state index is 12.6. The SMILES string of the molecule is O=C(N[C@H]1CC(=O)N(c2ccccc2)C1)N1CCN(C(=O)c2ccco2)CC1. The molecule has 8 heteroatoms. The maximum Gasteiger partial charge on any atom is 0.317 e. The Balaban J connectivity index is 1.28. The van der Waals surface area contributed by atoms with E-state index in [0.29, 0.717) is 38.5 Å². The molecule has 2 aromatic rings. The summed E-state index contributed by atoms with van der Waals surface area (Å²) in [6.07, 6.45) is 1.76. The number of nitrogens with one attached hydrogen (secondary N) is 1. The molecule has 1 N–H and O–H groups in total. The number of nitrogens with zero attached hydrogens (tertiary/aromatic N) is 3. The molecule has 0 aliphatic carbocycles.